The Kier molecular flexibility index (Phi) is 5.96. The van der Waals surface area contributed by atoms with Gasteiger partial charge in [0.1, 0.15) is 5.76 Å². The van der Waals surface area contributed by atoms with Crippen LogP contribution in [0.1, 0.15) is 18.2 Å². The minimum absolute atomic E-state index is 0.476. The molecule has 0 spiro atoms. The lowest BCUT2D eigenvalue weighted by Gasteiger charge is -2.10. The molecule has 2 rings (SSSR count). The molecule has 21 heavy (non-hydrogen) atoms. The number of rotatable bonds is 5. The fourth-order valence-corrected chi connectivity index (χ4v) is 2.21. The first-order valence-electron chi connectivity index (χ1n) is 6.67. The highest BCUT2D eigenvalue weighted by molar-refractivity contribution is 6.35. The summed E-state index contributed by atoms with van der Waals surface area (Å²) in [4.78, 5) is 4.50. The summed E-state index contributed by atoms with van der Waals surface area (Å²) in [5, 5.41) is 7.61. The minimum Gasteiger partial charge on any atom is -0.467 e. The molecular formula is C15H17Cl2N3O. The quantitative estimate of drug-likeness (QED) is 0.648. The van der Waals surface area contributed by atoms with E-state index < -0.39 is 0 Å². The van der Waals surface area contributed by atoms with Crippen LogP contribution in [0.2, 0.25) is 10.0 Å². The lowest BCUT2D eigenvalue weighted by atomic mass is 10.2. The summed E-state index contributed by atoms with van der Waals surface area (Å²) in [6, 6.07) is 9.17. The van der Waals surface area contributed by atoms with E-state index in [1.807, 2.05) is 31.2 Å². The molecule has 0 atom stereocenters. The molecule has 0 bridgehead atoms. The Labute approximate surface area is 134 Å². The normalized spacial score (nSPS) is 11.5. The average molecular weight is 326 g/mol. The number of aliphatic imine (C=N–C) groups is 1. The van der Waals surface area contributed by atoms with Gasteiger partial charge in [-0.2, -0.15) is 0 Å². The van der Waals surface area contributed by atoms with Gasteiger partial charge in [0.2, 0.25) is 0 Å². The van der Waals surface area contributed by atoms with Crippen molar-refractivity contribution in [2.24, 2.45) is 4.99 Å². The van der Waals surface area contributed by atoms with Gasteiger partial charge >= 0.3 is 0 Å². The molecule has 4 nitrogen and oxygen atoms in total. The monoisotopic (exact) mass is 325 g/mol. The second-order valence-electron chi connectivity index (χ2n) is 4.36. The summed E-state index contributed by atoms with van der Waals surface area (Å²) in [5.74, 6) is 1.56. The Hall–Kier alpha value is -1.65. The fourth-order valence-electron chi connectivity index (χ4n) is 1.74. The SMILES string of the molecule is CCNC(=NCc1ccc(Cl)cc1Cl)NCc1ccco1. The number of guanidine groups is 1. The predicted molar refractivity (Wildman–Crippen MR) is 86.8 cm³/mol. The first-order chi connectivity index (χ1) is 10.2. The molecule has 0 aliphatic carbocycles. The smallest absolute Gasteiger partial charge is 0.191 e. The van der Waals surface area contributed by atoms with E-state index in [0.29, 0.717) is 29.1 Å². The van der Waals surface area contributed by atoms with Gasteiger partial charge in [-0.15, -0.1) is 0 Å². The molecule has 112 valence electrons. The van der Waals surface area contributed by atoms with Crippen LogP contribution in [0.3, 0.4) is 0 Å². The molecule has 0 unspecified atom stereocenters. The van der Waals surface area contributed by atoms with E-state index in [4.69, 9.17) is 27.6 Å². The number of halogens is 2. The summed E-state index contributed by atoms with van der Waals surface area (Å²) in [7, 11) is 0. The van der Waals surface area contributed by atoms with Crippen molar-refractivity contribution in [2.45, 2.75) is 20.0 Å². The molecular weight excluding hydrogens is 309 g/mol. The van der Waals surface area contributed by atoms with Crippen LogP contribution in [0, 0.1) is 0 Å². The Bertz CT molecular complexity index is 597. The van der Waals surface area contributed by atoms with Crippen molar-refractivity contribution in [3.63, 3.8) is 0 Å². The van der Waals surface area contributed by atoms with E-state index in [9.17, 15) is 0 Å². The van der Waals surface area contributed by atoms with Gasteiger partial charge in [-0.3, -0.25) is 0 Å². The zero-order chi connectivity index (χ0) is 15.1. The van der Waals surface area contributed by atoms with Crippen molar-refractivity contribution in [3.8, 4) is 0 Å². The van der Waals surface area contributed by atoms with E-state index in [2.05, 4.69) is 15.6 Å². The largest absolute Gasteiger partial charge is 0.467 e. The van der Waals surface area contributed by atoms with Gasteiger partial charge in [-0.25, -0.2) is 4.99 Å². The summed E-state index contributed by atoms with van der Waals surface area (Å²) in [6.07, 6.45) is 1.65. The first-order valence-corrected chi connectivity index (χ1v) is 7.43. The third kappa shape index (κ3) is 4.99. The molecule has 0 saturated carbocycles. The number of nitrogens with one attached hydrogen (secondary N) is 2. The van der Waals surface area contributed by atoms with Gasteiger partial charge in [0.15, 0.2) is 5.96 Å². The van der Waals surface area contributed by atoms with E-state index in [1.165, 1.54) is 0 Å². The van der Waals surface area contributed by atoms with Gasteiger partial charge in [-0.05, 0) is 36.8 Å². The van der Waals surface area contributed by atoms with Crippen LogP contribution in [0.25, 0.3) is 0 Å². The van der Waals surface area contributed by atoms with Crippen LogP contribution in [0.4, 0.5) is 0 Å². The van der Waals surface area contributed by atoms with E-state index >= 15 is 0 Å². The Morgan fingerprint density at radius 2 is 2.10 bits per heavy atom. The molecule has 0 amide bonds. The molecule has 1 aromatic carbocycles. The summed E-state index contributed by atoms with van der Waals surface area (Å²) in [6.45, 7) is 3.84. The van der Waals surface area contributed by atoms with Gasteiger partial charge in [0.25, 0.3) is 0 Å². The predicted octanol–water partition coefficient (Wildman–Crippen LogP) is 3.84. The molecule has 6 heteroatoms. The van der Waals surface area contributed by atoms with Gasteiger partial charge in [0.05, 0.1) is 19.4 Å². The number of benzene rings is 1. The van der Waals surface area contributed by atoms with Crippen molar-refractivity contribution >= 4 is 29.2 Å². The van der Waals surface area contributed by atoms with Crippen LogP contribution in [-0.2, 0) is 13.1 Å². The third-order valence-corrected chi connectivity index (χ3v) is 3.36. The topological polar surface area (TPSA) is 49.6 Å². The molecule has 2 N–H and O–H groups in total. The zero-order valence-corrected chi connectivity index (χ0v) is 13.2. The third-order valence-electron chi connectivity index (χ3n) is 2.78. The van der Waals surface area contributed by atoms with Crippen molar-refractivity contribution < 1.29 is 4.42 Å². The standard InChI is InChI=1S/C15H17Cl2N3O/c1-2-18-15(20-10-13-4-3-7-21-13)19-9-11-5-6-12(16)8-14(11)17/h3-8H,2,9-10H2,1H3,(H2,18,19,20). The maximum Gasteiger partial charge on any atom is 0.191 e. The maximum absolute atomic E-state index is 6.14. The molecule has 0 aliphatic heterocycles. The Morgan fingerprint density at radius 1 is 1.24 bits per heavy atom. The van der Waals surface area contributed by atoms with E-state index in [0.717, 1.165) is 17.9 Å². The highest BCUT2D eigenvalue weighted by Gasteiger charge is 2.03. The molecule has 2 aromatic rings. The lowest BCUT2D eigenvalue weighted by Crippen LogP contribution is -2.36. The Morgan fingerprint density at radius 3 is 2.76 bits per heavy atom. The first kappa shape index (κ1) is 15.7. The number of furan rings is 1. The number of hydrogen-bond acceptors (Lipinski definition) is 2. The molecule has 1 heterocycles. The highest BCUT2D eigenvalue weighted by Crippen LogP contribution is 2.21. The molecule has 1 aromatic heterocycles. The van der Waals surface area contributed by atoms with Crippen molar-refractivity contribution in [1.29, 1.82) is 0 Å². The summed E-state index contributed by atoms with van der Waals surface area (Å²) in [5.41, 5.74) is 0.927. The minimum atomic E-state index is 0.476. The van der Waals surface area contributed by atoms with Crippen LogP contribution in [-0.4, -0.2) is 12.5 Å². The fraction of sp³-hybridized carbons (Fsp3) is 0.267. The Balaban J connectivity index is 1.99. The van der Waals surface area contributed by atoms with Crippen LogP contribution >= 0.6 is 23.2 Å². The second kappa shape index (κ2) is 7.96. The van der Waals surface area contributed by atoms with Crippen molar-refractivity contribution in [2.75, 3.05) is 6.54 Å². The maximum atomic E-state index is 6.14. The number of hydrogen-bond donors (Lipinski definition) is 2. The lowest BCUT2D eigenvalue weighted by molar-refractivity contribution is 0.501. The molecule has 0 radical (unpaired) electrons. The van der Waals surface area contributed by atoms with Crippen LogP contribution in [0.5, 0.6) is 0 Å². The second-order valence-corrected chi connectivity index (χ2v) is 5.21. The molecule has 0 aliphatic rings. The van der Waals surface area contributed by atoms with Gasteiger partial charge < -0.3 is 15.1 Å². The van der Waals surface area contributed by atoms with Crippen molar-refractivity contribution in [1.82, 2.24) is 10.6 Å². The highest BCUT2D eigenvalue weighted by atomic mass is 35.5. The molecule has 0 fully saturated rings. The zero-order valence-electron chi connectivity index (χ0n) is 11.7. The van der Waals surface area contributed by atoms with Gasteiger partial charge in [0, 0.05) is 16.6 Å². The average Bonchev–Trinajstić information content (AvgIpc) is 2.96. The summed E-state index contributed by atoms with van der Waals surface area (Å²) >= 11 is 12.0. The summed E-state index contributed by atoms with van der Waals surface area (Å²) < 4.78 is 5.28. The number of nitrogens with zero attached hydrogens (tertiary/aromatic N) is 1. The van der Waals surface area contributed by atoms with E-state index in [1.54, 1.807) is 12.3 Å². The van der Waals surface area contributed by atoms with Crippen LogP contribution < -0.4 is 10.6 Å². The van der Waals surface area contributed by atoms with E-state index in [-0.39, 0.29) is 0 Å². The van der Waals surface area contributed by atoms with Gasteiger partial charge in [-0.1, -0.05) is 29.3 Å². The molecule has 0 saturated heterocycles. The van der Waals surface area contributed by atoms with Crippen molar-refractivity contribution in [3.05, 3.63) is 58.0 Å². The van der Waals surface area contributed by atoms with Crippen LogP contribution in [0.15, 0.2) is 46.0 Å².